The van der Waals surface area contributed by atoms with Crippen molar-refractivity contribution >= 4 is 55.9 Å². The van der Waals surface area contributed by atoms with E-state index in [0.29, 0.717) is 23.5 Å². The Hall–Kier alpha value is -5.08. The SMILES string of the molecule is COc1ccc2c3c1O[C@H]1C(=O)CC[C@H]4[C@@H](C2)N(C)CC[C@]314.Cc1cnc(NC(=O)C2=C(O)c3ccccc3S(=O)(=O)N2C)s1.O=C(O)[C@H](O)[C@@H](O)C(=O)O. The topological polar surface area (TPSA) is 253 Å². The molecular formula is C36H40N4O13S2. The van der Waals surface area contributed by atoms with Crippen molar-refractivity contribution in [2.75, 3.05) is 33.1 Å². The highest BCUT2D eigenvalue weighted by molar-refractivity contribution is 7.89. The molecule has 2 aromatic carbocycles. The number of methoxy groups -OCH3 is 1. The molecule has 294 valence electrons. The van der Waals surface area contributed by atoms with E-state index in [0.717, 1.165) is 46.5 Å². The van der Waals surface area contributed by atoms with Gasteiger partial charge >= 0.3 is 11.9 Å². The number of aryl methyl sites for hydroxylation is 1. The molecule has 1 amide bonds. The van der Waals surface area contributed by atoms with Crippen molar-refractivity contribution in [2.45, 2.75) is 67.3 Å². The molecule has 2 bridgehead atoms. The number of anilines is 1. The summed E-state index contributed by atoms with van der Waals surface area (Å²) in [6.07, 6.45) is 0.526. The number of fused-ring (bicyclic) bond motifs is 1. The van der Waals surface area contributed by atoms with Crippen LogP contribution >= 0.6 is 11.3 Å². The lowest BCUT2D eigenvalue weighted by Gasteiger charge is -2.57. The number of carbonyl (C=O) groups is 4. The number of aliphatic hydroxyl groups excluding tert-OH is 3. The monoisotopic (exact) mass is 800 g/mol. The maximum Gasteiger partial charge on any atom is 0.335 e. The summed E-state index contributed by atoms with van der Waals surface area (Å²) in [4.78, 5) is 51.9. The van der Waals surface area contributed by atoms with Crippen molar-refractivity contribution in [3.63, 3.8) is 0 Å². The van der Waals surface area contributed by atoms with Gasteiger partial charge in [0, 0.05) is 47.1 Å². The zero-order valence-electron chi connectivity index (χ0n) is 30.1. The maximum absolute atomic E-state index is 12.6. The highest BCUT2D eigenvalue weighted by atomic mass is 32.2. The van der Waals surface area contributed by atoms with Gasteiger partial charge in [0.1, 0.15) is 0 Å². The third kappa shape index (κ3) is 6.69. The number of likely N-dealkylation sites (N-methyl/N-ethyl adjacent to an activating group) is 2. The highest BCUT2D eigenvalue weighted by Crippen LogP contribution is 2.63. The smallest absolute Gasteiger partial charge is 0.335 e. The molecule has 6 N–H and O–H groups in total. The molecule has 1 spiro atoms. The average molecular weight is 801 g/mol. The summed E-state index contributed by atoms with van der Waals surface area (Å²) in [7, 11) is 1.24. The molecule has 19 heteroatoms. The van der Waals surface area contributed by atoms with Crippen LogP contribution in [0.2, 0.25) is 0 Å². The summed E-state index contributed by atoms with van der Waals surface area (Å²) in [5.74, 6) is -2.20. The fraction of sp³-hybridized carbons (Fsp3) is 0.417. The summed E-state index contributed by atoms with van der Waals surface area (Å²) in [6, 6.07) is 10.7. The molecule has 55 heavy (non-hydrogen) atoms. The Balaban J connectivity index is 0.000000152. The third-order valence-electron chi connectivity index (χ3n) is 10.8. The Morgan fingerprint density at radius 2 is 1.76 bits per heavy atom. The first-order valence-electron chi connectivity index (χ1n) is 17.1. The van der Waals surface area contributed by atoms with Gasteiger partial charge in [-0.1, -0.05) is 18.2 Å². The van der Waals surface area contributed by atoms with Crippen LogP contribution in [0, 0.1) is 12.8 Å². The predicted octanol–water partition coefficient (Wildman–Crippen LogP) is 1.76. The van der Waals surface area contributed by atoms with Crippen molar-refractivity contribution in [1.29, 1.82) is 0 Å². The van der Waals surface area contributed by atoms with E-state index in [9.17, 15) is 32.7 Å². The average Bonchev–Trinajstić information content (AvgIpc) is 3.73. The quantitative estimate of drug-likeness (QED) is 0.208. The van der Waals surface area contributed by atoms with E-state index in [1.165, 1.54) is 41.6 Å². The Kier molecular flexibility index (Phi) is 10.7. The van der Waals surface area contributed by atoms with Crippen LogP contribution < -0.4 is 14.8 Å². The number of aromatic nitrogens is 1. The molecule has 2 aliphatic carbocycles. The number of carbonyl (C=O) groups excluding carboxylic acids is 2. The third-order valence-corrected chi connectivity index (χ3v) is 13.4. The number of amides is 1. The molecule has 3 aliphatic heterocycles. The summed E-state index contributed by atoms with van der Waals surface area (Å²) in [6.45, 7) is 2.88. The number of sulfonamides is 1. The van der Waals surface area contributed by atoms with Gasteiger partial charge < -0.3 is 39.9 Å². The van der Waals surface area contributed by atoms with Gasteiger partial charge in [0.05, 0.1) is 12.0 Å². The van der Waals surface area contributed by atoms with E-state index in [2.05, 4.69) is 28.3 Å². The number of ether oxygens (including phenoxy) is 2. The summed E-state index contributed by atoms with van der Waals surface area (Å²) < 4.78 is 37.6. The molecule has 8 rings (SSSR count). The van der Waals surface area contributed by atoms with Crippen LogP contribution in [0.5, 0.6) is 11.5 Å². The van der Waals surface area contributed by atoms with E-state index in [1.54, 1.807) is 25.4 Å². The molecule has 1 saturated heterocycles. The number of thiazole rings is 1. The van der Waals surface area contributed by atoms with Gasteiger partial charge in [-0.15, -0.1) is 11.3 Å². The Bertz CT molecular complexity index is 2190. The lowest BCUT2D eigenvalue weighted by molar-refractivity contribution is -0.165. The number of nitrogens with one attached hydrogen (secondary N) is 1. The van der Waals surface area contributed by atoms with Crippen molar-refractivity contribution in [3.05, 3.63) is 69.9 Å². The number of carboxylic acids is 2. The van der Waals surface area contributed by atoms with Crippen LogP contribution in [0.15, 0.2) is 53.2 Å². The first-order chi connectivity index (χ1) is 25.9. The Morgan fingerprint density at radius 3 is 2.38 bits per heavy atom. The van der Waals surface area contributed by atoms with Crippen molar-refractivity contribution < 1.29 is 62.6 Å². The van der Waals surface area contributed by atoms with E-state index < -0.39 is 40.1 Å². The minimum atomic E-state index is -3.90. The van der Waals surface area contributed by atoms with Gasteiger partial charge in [-0.3, -0.25) is 19.2 Å². The Labute approximate surface area is 319 Å². The lowest BCUT2D eigenvalue weighted by Crippen LogP contribution is -2.65. The number of ketones is 1. The molecule has 0 radical (unpaired) electrons. The van der Waals surface area contributed by atoms with Gasteiger partial charge in [0.25, 0.3) is 15.9 Å². The number of nitrogens with zero attached hydrogens (tertiary/aromatic N) is 3. The van der Waals surface area contributed by atoms with E-state index in [4.69, 9.17) is 29.9 Å². The number of carboxylic acid groups (broad SMARTS) is 2. The molecule has 3 aromatic rings. The van der Waals surface area contributed by atoms with Gasteiger partial charge in [0.2, 0.25) is 0 Å². The second-order valence-electron chi connectivity index (χ2n) is 13.7. The normalized spacial score (nSPS) is 25.0. The van der Waals surface area contributed by atoms with E-state index >= 15 is 0 Å². The minimum Gasteiger partial charge on any atom is -0.505 e. The number of aliphatic hydroxyl groups is 3. The molecule has 1 aromatic heterocycles. The number of benzene rings is 2. The van der Waals surface area contributed by atoms with Crippen molar-refractivity contribution in [3.8, 4) is 11.5 Å². The fourth-order valence-corrected chi connectivity index (χ4v) is 10.2. The summed E-state index contributed by atoms with van der Waals surface area (Å²) in [5.41, 5.74) is 2.34. The number of aliphatic carboxylic acids is 2. The molecule has 6 atom stereocenters. The molecule has 0 unspecified atom stereocenters. The fourth-order valence-electron chi connectivity index (χ4n) is 8.19. The summed E-state index contributed by atoms with van der Waals surface area (Å²) >= 11 is 1.25. The highest BCUT2D eigenvalue weighted by Gasteiger charge is 2.65. The second-order valence-corrected chi connectivity index (χ2v) is 16.9. The van der Waals surface area contributed by atoms with E-state index in [1.807, 2.05) is 13.0 Å². The molecule has 1 saturated carbocycles. The lowest BCUT2D eigenvalue weighted by atomic mass is 9.52. The first kappa shape index (κ1) is 39.6. The van der Waals surface area contributed by atoms with Crippen molar-refractivity contribution in [2.24, 2.45) is 5.92 Å². The number of piperidine rings is 1. The largest absolute Gasteiger partial charge is 0.505 e. The van der Waals surface area contributed by atoms with Gasteiger partial charge in [0.15, 0.2) is 52.2 Å². The Morgan fingerprint density at radius 1 is 1.09 bits per heavy atom. The zero-order chi connectivity index (χ0) is 40.1. The summed E-state index contributed by atoms with van der Waals surface area (Å²) in [5, 5.41) is 45.7. The van der Waals surface area contributed by atoms with Crippen LogP contribution in [0.1, 0.15) is 40.8 Å². The van der Waals surface area contributed by atoms with Gasteiger partial charge in [-0.2, -0.15) is 0 Å². The zero-order valence-corrected chi connectivity index (χ0v) is 31.8. The van der Waals surface area contributed by atoms with Crippen LogP contribution in [-0.4, -0.2) is 124 Å². The number of hydrogen-bond acceptors (Lipinski definition) is 14. The van der Waals surface area contributed by atoms with Gasteiger partial charge in [-0.05, 0) is 69.5 Å². The molecule has 5 aliphatic rings. The minimum absolute atomic E-state index is 0.0401. The van der Waals surface area contributed by atoms with E-state index in [-0.39, 0.29) is 39.2 Å². The molecule has 4 heterocycles. The number of hydrogen-bond donors (Lipinski definition) is 6. The predicted molar refractivity (Wildman–Crippen MR) is 195 cm³/mol. The number of rotatable bonds is 6. The number of likely N-dealkylation sites (tertiary alicyclic amines) is 1. The maximum atomic E-state index is 12.6. The van der Waals surface area contributed by atoms with Crippen LogP contribution in [0.3, 0.4) is 0 Å². The van der Waals surface area contributed by atoms with Crippen LogP contribution in [0.25, 0.3) is 5.76 Å². The standard InChI is InChI=1S/C18H21NO3.C14H13N3O4S2.C4H6O6/c1-19-8-7-18-11-4-5-13(20)17(18)22-16-14(21-2)6-3-10(15(16)18)9-12(11)19;1-8-7-15-14(22-8)16-13(19)11-12(18)9-5-3-4-6-10(9)23(20,21)17(11)2;5-1(3(7)8)2(6)4(9)10/h3,6,11-12,17H,4-5,7-9H2,1-2H3;3-7,18H,1-2H3,(H,15,16,19);1-2,5-6H,(H,7,8)(H,9,10)/t11-,12+,17-,18-;;1-,2-/m0.1/s1. The first-order valence-corrected chi connectivity index (χ1v) is 19.4. The van der Waals surface area contributed by atoms with Gasteiger partial charge in [-0.25, -0.2) is 23.0 Å². The molecule has 17 nitrogen and oxygen atoms in total. The van der Waals surface area contributed by atoms with Crippen LogP contribution in [0.4, 0.5) is 5.13 Å². The van der Waals surface area contributed by atoms with Crippen molar-refractivity contribution in [1.82, 2.24) is 14.2 Å². The number of Topliss-reactive ketones (excluding diaryl/α,β-unsaturated/α-hetero) is 1. The van der Waals surface area contributed by atoms with Crippen LogP contribution in [-0.2, 0) is 41.0 Å². The molecule has 2 fully saturated rings. The second kappa shape index (κ2) is 14.9. The molecular weight excluding hydrogens is 761 g/mol.